The minimum Gasteiger partial charge on any atom is -0.326 e. The maximum Gasteiger partial charge on any atom is 0.243 e. The Morgan fingerprint density at radius 1 is 1.40 bits per heavy atom. The number of benzene rings is 1. The van der Waals surface area contributed by atoms with E-state index in [0.717, 1.165) is 0 Å². The van der Waals surface area contributed by atoms with E-state index in [2.05, 4.69) is 10.6 Å². The largest absolute Gasteiger partial charge is 0.326 e. The maximum absolute atomic E-state index is 12.6. The Labute approximate surface area is 119 Å². The van der Waals surface area contributed by atoms with Crippen LogP contribution in [0.25, 0.3) is 0 Å². The maximum atomic E-state index is 12.6. The summed E-state index contributed by atoms with van der Waals surface area (Å²) in [5.74, 6) is -0.228. The number of likely N-dealkylation sites (N-methyl/N-ethyl adjacent to an activating group) is 1. The molecule has 1 fully saturated rings. The van der Waals surface area contributed by atoms with Gasteiger partial charge in [0.05, 0.1) is 4.90 Å². The van der Waals surface area contributed by atoms with E-state index in [0.29, 0.717) is 24.3 Å². The van der Waals surface area contributed by atoms with Crippen LogP contribution in [0.5, 0.6) is 0 Å². The number of aryl methyl sites for hydroxylation is 1. The Bertz CT molecular complexity index is 624. The zero-order valence-electron chi connectivity index (χ0n) is 11.8. The van der Waals surface area contributed by atoms with Crippen LogP contribution in [0.2, 0.25) is 0 Å². The van der Waals surface area contributed by atoms with E-state index < -0.39 is 10.0 Å². The van der Waals surface area contributed by atoms with Crippen molar-refractivity contribution >= 4 is 21.6 Å². The molecule has 0 aromatic heterocycles. The Balaban J connectivity index is 2.36. The molecular weight excluding hydrogens is 278 g/mol. The molecule has 0 radical (unpaired) electrons. The summed E-state index contributed by atoms with van der Waals surface area (Å²) in [6.45, 7) is 4.47. The molecule has 2 N–H and O–H groups in total. The summed E-state index contributed by atoms with van der Waals surface area (Å²) in [6.07, 6.45) is 0. The van der Waals surface area contributed by atoms with E-state index >= 15 is 0 Å². The van der Waals surface area contributed by atoms with Crippen molar-refractivity contribution in [3.63, 3.8) is 0 Å². The Morgan fingerprint density at radius 2 is 2.05 bits per heavy atom. The predicted molar refractivity (Wildman–Crippen MR) is 77.1 cm³/mol. The summed E-state index contributed by atoms with van der Waals surface area (Å²) >= 11 is 0. The monoisotopic (exact) mass is 297 g/mol. The van der Waals surface area contributed by atoms with Gasteiger partial charge in [-0.3, -0.25) is 4.79 Å². The van der Waals surface area contributed by atoms with Gasteiger partial charge in [0.25, 0.3) is 0 Å². The third-order valence-corrected chi connectivity index (χ3v) is 5.49. The van der Waals surface area contributed by atoms with Crippen LogP contribution in [0.3, 0.4) is 0 Å². The molecule has 0 bridgehead atoms. The molecule has 1 aliphatic heterocycles. The van der Waals surface area contributed by atoms with Crippen molar-refractivity contribution in [2.24, 2.45) is 0 Å². The van der Waals surface area contributed by atoms with E-state index in [1.165, 1.54) is 17.3 Å². The van der Waals surface area contributed by atoms with Crippen molar-refractivity contribution in [2.45, 2.75) is 24.8 Å². The number of carbonyl (C=O) groups excluding carboxylic acids is 1. The third-order valence-electron chi connectivity index (χ3n) is 3.44. The van der Waals surface area contributed by atoms with Gasteiger partial charge in [0.15, 0.2) is 0 Å². The fourth-order valence-corrected chi connectivity index (χ4v) is 3.64. The molecule has 6 nitrogen and oxygen atoms in total. The van der Waals surface area contributed by atoms with E-state index in [1.54, 1.807) is 26.1 Å². The highest BCUT2D eigenvalue weighted by molar-refractivity contribution is 7.89. The number of carbonyl (C=O) groups is 1. The standard InChI is InChI=1S/C13H19N3O3S/c1-9-4-5-11(15-10(2)17)6-13(9)20(18,19)16(3)12-7-14-8-12/h4-6,12,14H,7-8H2,1-3H3,(H,15,17). The van der Waals surface area contributed by atoms with E-state index in [1.807, 2.05) is 0 Å². The Kier molecular flexibility index (Phi) is 4.12. The number of hydrogen-bond donors (Lipinski definition) is 2. The highest BCUT2D eigenvalue weighted by atomic mass is 32.2. The van der Waals surface area contributed by atoms with Crippen LogP contribution in [0.15, 0.2) is 23.1 Å². The van der Waals surface area contributed by atoms with Crippen molar-refractivity contribution in [1.82, 2.24) is 9.62 Å². The lowest BCUT2D eigenvalue weighted by atomic mass is 10.2. The molecule has 0 aliphatic carbocycles. The van der Waals surface area contributed by atoms with E-state index in [9.17, 15) is 13.2 Å². The van der Waals surface area contributed by atoms with Gasteiger partial charge in [-0.25, -0.2) is 8.42 Å². The quantitative estimate of drug-likeness (QED) is 0.850. The minimum absolute atomic E-state index is 0.0103. The van der Waals surface area contributed by atoms with Crippen LogP contribution >= 0.6 is 0 Å². The fraction of sp³-hybridized carbons (Fsp3) is 0.462. The highest BCUT2D eigenvalue weighted by Gasteiger charge is 2.32. The Hall–Kier alpha value is -1.44. The van der Waals surface area contributed by atoms with Crippen molar-refractivity contribution in [1.29, 1.82) is 0 Å². The van der Waals surface area contributed by atoms with Crippen molar-refractivity contribution in [2.75, 3.05) is 25.5 Å². The van der Waals surface area contributed by atoms with Gasteiger partial charge in [-0.2, -0.15) is 4.31 Å². The third kappa shape index (κ3) is 2.84. The highest BCUT2D eigenvalue weighted by Crippen LogP contribution is 2.24. The molecular formula is C13H19N3O3S. The molecule has 0 saturated carbocycles. The van der Waals surface area contributed by atoms with Gasteiger partial charge >= 0.3 is 0 Å². The fourth-order valence-electron chi connectivity index (χ4n) is 2.04. The van der Waals surface area contributed by atoms with Gasteiger partial charge in [0, 0.05) is 38.8 Å². The number of rotatable bonds is 4. The molecule has 0 atom stereocenters. The molecule has 1 aliphatic rings. The molecule has 1 amide bonds. The number of sulfonamides is 1. The number of anilines is 1. The predicted octanol–water partition coefficient (Wildman–Crippen LogP) is 0.546. The van der Waals surface area contributed by atoms with Gasteiger partial charge in [-0.05, 0) is 24.6 Å². The number of amides is 1. The van der Waals surface area contributed by atoms with Crippen LogP contribution in [-0.4, -0.2) is 44.8 Å². The molecule has 20 heavy (non-hydrogen) atoms. The summed E-state index contributed by atoms with van der Waals surface area (Å²) < 4.78 is 26.6. The average Bonchev–Trinajstić information content (AvgIpc) is 2.28. The summed E-state index contributed by atoms with van der Waals surface area (Å²) in [7, 11) is -1.96. The lowest BCUT2D eigenvalue weighted by Gasteiger charge is -2.35. The van der Waals surface area contributed by atoms with Gasteiger partial charge < -0.3 is 10.6 Å². The SMILES string of the molecule is CC(=O)Nc1ccc(C)c(S(=O)(=O)N(C)C2CNC2)c1. The molecule has 1 heterocycles. The van der Waals surface area contributed by atoms with E-state index in [-0.39, 0.29) is 16.8 Å². The van der Waals surface area contributed by atoms with Gasteiger partial charge in [-0.1, -0.05) is 6.07 Å². The number of hydrogen-bond acceptors (Lipinski definition) is 4. The van der Waals surface area contributed by atoms with Gasteiger partial charge in [0.1, 0.15) is 0 Å². The zero-order valence-corrected chi connectivity index (χ0v) is 12.6. The first-order chi connectivity index (χ1) is 9.32. The zero-order chi connectivity index (χ0) is 14.9. The van der Waals surface area contributed by atoms with Gasteiger partial charge in [-0.15, -0.1) is 0 Å². The second kappa shape index (κ2) is 5.51. The summed E-state index contributed by atoms with van der Waals surface area (Å²) in [4.78, 5) is 11.3. The molecule has 1 aromatic carbocycles. The normalized spacial score (nSPS) is 16.0. The molecule has 1 aromatic rings. The average molecular weight is 297 g/mol. The number of nitrogens with one attached hydrogen (secondary N) is 2. The molecule has 0 spiro atoms. The Morgan fingerprint density at radius 3 is 2.55 bits per heavy atom. The molecule has 7 heteroatoms. The second-order valence-electron chi connectivity index (χ2n) is 4.99. The smallest absolute Gasteiger partial charge is 0.243 e. The minimum atomic E-state index is -3.55. The molecule has 110 valence electrons. The van der Waals surface area contributed by atoms with Crippen LogP contribution in [0, 0.1) is 6.92 Å². The molecule has 1 saturated heterocycles. The summed E-state index contributed by atoms with van der Waals surface area (Å²) in [6, 6.07) is 4.89. The van der Waals surface area contributed by atoms with Crippen molar-refractivity contribution in [3.8, 4) is 0 Å². The van der Waals surface area contributed by atoms with Crippen LogP contribution in [0.4, 0.5) is 5.69 Å². The van der Waals surface area contributed by atoms with Crippen LogP contribution < -0.4 is 10.6 Å². The lowest BCUT2D eigenvalue weighted by Crippen LogP contribution is -2.57. The second-order valence-corrected chi connectivity index (χ2v) is 6.96. The lowest BCUT2D eigenvalue weighted by molar-refractivity contribution is -0.114. The van der Waals surface area contributed by atoms with Crippen LogP contribution in [-0.2, 0) is 14.8 Å². The topological polar surface area (TPSA) is 78.5 Å². The molecule has 2 rings (SSSR count). The first kappa shape index (κ1) is 15.0. The van der Waals surface area contributed by atoms with Crippen molar-refractivity contribution < 1.29 is 13.2 Å². The number of nitrogens with zero attached hydrogens (tertiary/aromatic N) is 1. The summed E-state index contributed by atoms with van der Waals surface area (Å²) in [5, 5.41) is 5.66. The van der Waals surface area contributed by atoms with Crippen molar-refractivity contribution in [3.05, 3.63) is 23.8 Å². The van der Waals surface area contributed by atoms with Gasteiger partial charge in [0.2, 0.25) is 15.9 Å². The molecule has 0 unspecified atom stereocenters. The van der Waals surface area contributed by atoms with E-state index in [4.69, 9.17) is 0 Å². The summed E-state index contributed by atoms with van der Waals surface area (Å²) in [5.41, 5.74) is 1.15. The first-order valence-corrected chi connectivity index (χ1v) is 7.83. The van der Waals surface area contributed by atoms with Crippen LogP contribution in [0.1, 0.15) is 12.5 Å². The first-order valence-electron chi connectivity index (χ1n) is 6.39.